The van der Waals surface area contributed by atoms with Crippen LogP contribution in [-0.2, 0) is 0 Å². The molecule has 1 heterocycles. The molecule has 0 fully saturated rings. The van der Waals surface area contributed by atoms with Gasteiger partial charge in [0.1, 0.15) is 0 Å². The lowest BCUT2D eigenvalue weighted by molar-refractivity contribution is 0.394. The van der Waals surface area contributed by atoms with Gasteiger partial charge in [-0.1, -0.05) is 69.6 Å². The Labute approximate surface area is 184 Å². The van der Waals surface area contributed by atoms with Crippen LogP contribution >= 0.6 is 92.8 Å². The summed E-state index contributed by atoms with van der Waals surface area (Å²) in [5.74, 6) is 0. The molecule has 0 aromatic carbocycles. The molecule has 4 nitrogen and oxygen atoms in total. The van der Waals surface area contributed by atoms with Crippen molar-refractivity contribution in [1.29, 1.82) is 0 Å². The van der Waals surface area contributed by atoms with Gasteiger partial charge < -0.3 is 0 Å². The molecule has 0 saturated heterocycles. The van der Waals surface area contributed by atoms with Crippen molar-refractivity contribution in [2.45, 2.75) is 50.1 Å². The fraction of sp³-hybridized carbons (Fsp3) is 0.692. The number of H-pyrrole nitrogens is 1. The summed E-state index contributed by atoms with van der Waals surface area (Å²) in [6.07, 6.45) is 1.98. The largest absolute Gasteiger partial charge is 0.328 e. The molecule has 0 aliphatic carbocycles. The zero-order valence-corrected chi connectivity index (χ0v) is 18.6. The smallest absolute Gasteiger partial charge is 0.297 e. The molecule has 0 spiro atoms. The Balaban J connectivity index is 3.01. The quantitative estimate of drug-likeness (QED) is 0.483. The van der Waals surface area contributed by atoms with E-state index in [4.69, 9.17) is 92.8 Å². The molecule has 144 valence electrons. The Morgan fingerprint density at radius 2 is 1.36 bits per heavy atom. The molecular formula is C13H14Cl8N2O2. The molecule has 12 heteroatoms. The fourth-order valence-corrected chi connectivity index (χ4v) is 4.76. The molecule has 1 N–H and O–H groups in total. The minimum absolute atomic E-state index is 0.0607. The highest BCUT2D eigenvalue weighted by Gasteiger charge is 2.30. The SMILES string of the molecule is O=c1ccn(C(CC(Cl)CC(Cl)(Cl)Cl)CC(Cl)CC(Cl)(Cl)Cl)c(=O)[nH]1. The lowest BCUT2D eigenvalue weighted by atomic mass is 10.0. The van der Waals surface area contributed by atoms with Gasteiger partial charge >= 0.3 is 5.69 Å². The summed E-state index contributed by atoms with van der Waals surface area (Å²) in [6, 6.07) is 0.721. The molecule has 2 unspecified atom stereocenters. The van der Waals surface area contributed by atoms with Crippen LogP contribution in [0.15, 0.2) is 21.9 Å². The average molecular weight is 514 g/mol. The predicted octanol–water partition coefficient (Wildman–Crippen LogP) is 5.59. The number of aromatic amines is 1. The van der Waals surface area contributed by atoms with E-state index in [1.165, 1.54) is 16.8 Å². The first-order valence-electron chi connectivity index (χ1n) is 7.00. The molecule has 0 bridgehead atoms. The Bertz CT molecular complexity index is 639. The number of hydrogen-bond donors (Lipinski definition) is 1. The fourth-order valence-electron chi connectivity index (χ4n) is 2.30. The van der Waals surface area contributed by atoms with Gasteiger partial charge in [0.05, 0.1) is 0 Å². The lowest BCUT2D eigenvalue weighted by Crippen LogP contribution is -2.34. The van der Waals surface area contributed by atoms with Gasteiger partial charge in [0.25, 0.3) is 5.56 Å². The molecule has 1 rings (SSSR count). The third-order valence-electron chi connectivity index (χ3n) is 3.21. The summed E-state index contributed by atoms with van der Waals surface area (Å²) >= 11 is 47.0. The van der Waals surface area contributed by atoms with Crippen molar-refractivity contribution in [3.8, 4) is 0 Å². The van der Waals surface area contributed by atoms with E-state index in [0.717, 1.165) is 0 Å². The summed E-state index contributed by atoms with van der Waals surface area (Å²) in [4.78, 5) is 25.5. The van der Waals surface area contributed by atoms with Crippen molar-refractivity contribution in [2.24, 2.45) is 0 Å². The van der Waals surface area contributed by atoms with Crippen molar-refractivity contribution in [3.05, 3.63) is 33.1 Å². The van der Waals surface area contributed by atoms with Gasteiger partial charge in [-0.3, -0.25) is 14.3 Å². The van der Waals surface area contributed by atoms with Crippen LogP contribution in [0.4, 0.5) is 0 Å². The number of alkyl halides is 8. The Kier molecular flexibility index (Phi) is 9.59. The molecule has 0 saturated carbocycles. The van der Waals surface area contributed by atoms with Crippen molar-refractivity contribution in [3.63, 3.8) is 0 Å². The molecule has 0 aliphatic rings. The highest BCUT2D eigenvalue weighted by molar-refractivity contribution is 6.68. The second-order valence-corrected chi connectivity index (χ2v) is 11.7. The topological polar surface area (TPSA) is 54.9 Å². The number of nitrogens with one attached hydrogen (secondary N) is 1. The molecule has 1 aromatic rings. The van der Waals surface area contributed by atoms with E-state index in [1.54, 1.807) is 0 Å². The number of halogens is 8. The van der Waals surface area contributed by atoms with Crippen LogP contribution in [0.3, 0.4) is 0 Å². The van der Waals surface area contributed by atoms with E-state index in [0.29, 0.717) is 0 Å². The van der Waals surface area contributed by atoms with Gasteiger partial charge in [-0.2, -0.15) is 0 Å². The lowest BCUT2D eigenvalue weighted by Gasteiger charge is -2.26. The summed E-state index contributed by atoms with van der Waals surface area (Å²) in [6.45, 7) is 0. The van der Waals surface area contributed by atoms with Gasteiger partial charge in [-0.05, 0) is 12.8 Å². The zero-order valence-electron chi connectivity index (χ0n) is 12.5. The minimum Gasteiger partial charge on any atom is -0.297 e. The van der Waals surface area contributed by atoms with Crippen LogP contribution in [0.1, 0.15) is 31.7 Å². The standard InChI is InChI=1S/C13H14Cl8N2O2/c14-7(5-12(16,17)18)3-9(4-8(15)6-13(19,20)21)23-2-1-10(24)22-11(23)25/h1-2,7-9H,3-6H2,(H,22,24,25). The molecule has 2 atom stereocenters. The first-order valence-corrected chi connectivity index (χ1v) is 10.1. The predicted molar refractivity (Wildman–Crippen MR) is 109 cm³/mol. The number of hydrogen-bond acceptors (Lipinski definition) is 2. The Hall–Kier alpha value is 1.00. The first-order chi connectivity index (χ1) is 11.3. The molecule has 0 amide bonds. The number of rotatable bonds is 7. The second-order valence-electron chi connectivity index (χ2n) is 5.48. The molecule has 0 aliphatic heterocycles. The zero-order chi connectivity index (χ0) is 19.4. The monoisotopic (exact) mass is 510 g/mol. The molecule has 1 aromatic heterocycles. The highest BCUT2D eigenvalue weighted by Crippen LogP contribution is 2.38. The molecule has 0 radical (unpaired) electrons. The van der Waals surface area contributed by atoms with Crippen LogP contribution in [-0.4, -0.2) is 27.9 Å². The van der Waals surface area contributed by atoms with Crippen LogP contribution in [0.2, 0.25) is 0 Å². The van der Waals surface area contributed by atoms with Gasteiger partial charge in [0.15, 0.2) is 7.59 Å². The maximum atomic E-state index is 12.1. The van der Waals surface area contributed by atoms with Crippen LogP contribution in [0.25, 0.3) is 0 Å². The highest BCUT2D eigenvalue weighted by atomic mass is 35.6. The third-order valence-corrected chi connectivity index (χ3v) is 4.80. The van der Waals surface area contributed by atoms with Crippen LogP contribution < -0.4 is 11.2 Å². The minimum atomic E-state index is -1.54. The van der Waals surface area contributed by atoms with Gasteiger partial charge in [0, 0.05) is 41.9 Å². The summed E-state index contributed by atoms with van der Waals surface area (Å²) in [5, 5.41) is -1.12. The van der Waals surface area contributed by atoms with Gasteiger partial charge in [-0.25, -0.2) is 4.79 Å². The maximum absolute atomic E-state index is 12.1. The van der Waals surface area contributed by atoms with Crippen molar-refractivity contribution < 1.29 is 0 Å². The molecule has 25 heavy (non-hydrogen) atoms. The summed E-state index contributed by atoms with van der Waals surface area (Å²) < 4.78 is -1.77. The van der Waals surface area contributed by atoms with Crippen molar-refractivity contribution in [2.75, 3.05) is 0 Å². The Morgan fingerprint density at radius 1 is 0.920 bits per heavy atom. The van der Waals surface area contributed by atoms with E-state index >= 15 is 0 Å². The van der Waals surface area contributed by atoms with Crippen molar-refractivity contribution >= 4 is 92.8 Å². The first kappa shape index (κ1) is 24.0. The van der Waals surface area contributed by atoms with Gasteiger partial charge in [-0.15, -0.1) is 23.2 Å². The van der Waals surface area contributed by atoms with Gasteiger partial charge in [0.2, 0.25) is 0 Å². The van der Waals surface area contributed by atoms with Crippen molar-refractivity contribution in [1.82, 2.24) is 9.55 Å². The second kappa shape index (κ2) is 9.97. The van der Waals surface area contributed by atoms with E-state index in [9.17, 15) is 9.59 Å². The van der Waals surface area contributed by atoms with E-state index in [1.807, 2.05) is 0 Å². The normalized spacial score (nSPS) is 16.5. The van der Waals surface area contributed by atoms with E-state index < -0.39 is 35.6 Å². The van der Waals surface area contributed by atoms with E-state index in [-0.39, 0.29) is 25.7 Å². The summed E-state index contributed by atoms with van der Waals surface area (Å²) in [5.41, 5.74) is -1.12. The van der Waals surface area contributed by atoms with E-state index in [2.05, 4.69) is 4.98 Å². The van der Waals surface area contributed by atoms with Crippen LogP contribution in [0, 0.1) is 0 Å². The average Bonchev–Trinajstić information content (AvgIpc) is 2.32. The van der Waals surface area contributed by atoms with Crippen LogP contribution in [0.5, 0.6) is 0 Å². The maximum Gasteiger partial charge on any atom is 0.328 e. The third kappa shape index (κ3) is 10.2. The Morgan fingerprint density at radius 3 is 1.72 bits per heavy atom. The number of nitrogens with zero attached hydrogens (tertiary/aromatic N) is 1. The number of aromatic nitrogens is 2. The summed E-state index contributed by atoms with van der Waals surface area (Å²) in [7, 11) is 0. The molecular weight excluding hydrogens is 500 g/mol.